The van der Waals surface area contributed by atoms with Crippen LogP contribution in [0, 0.1) is 0 Å². The molecule has 1 aromatic heterocycles. The van der Waals surface area contributed by atoms with Crippen molar-refractivity contribution in [3.05, 3.63) is 63.6 Å². The van der Waals surface area contributed by atoms with Crippen LogP contribution in [0.4, 0.5) is 0 Å². The van der Waals surface area contributed by atoms with Gasteiger partial charge in [-0.1, -0.05) is 38.1 Å². The number of hydrogen-bond donors (Lipinski definition) is 1. The Kier molecular flexibility index (Phi) is 6.17. The van der Waals surface area contributed by atoms with Crippen LogP contribution in [0.15, 0.2) is 41.2 Å². The number of benzene rings is 2. The van der Waals surface area contributed by atoms with Gasteiger partial charge in [-0.2, -0.15) is 5.10 Å². The van der Waals surface area contributed by atoms with Crippen molar-refractivity contribution in [3.63, 3.8) is 0 Å². The minimum absolute atomic E-state index is 0.0794. The van der Waals surface area contributed by atoms with E-state index in [1.807, 2.05) is 26.0 Å². The number of hydrogen-bond acceptors (Lipinski definition) is 5. The molecule has 1 amide bonds. The van der Waals surface area contributed by atoms with E-state index in [9.17, 15) is 9.59 Å². The standard InChI is InChI=1S/C25H29N3O4/c1-5-16(6-2)28-25(30)19-14-22(32-4)21(31-3)13-18(19)23(27-28)24(29)26-20-12-11-15-9-7-8-10-17(15)20/h7-10,13-14,16,20H,5-6,11-12H2,1-4H3,(H,26,29). The molecule has 7 nitrogen and oxygen atoms in total. The van der Waals surface area contributed by atoms with Crippen molar-refractivity contribution in [3.8, 4) is 11.5 Å². The Labute approximate surface area is 187 Å². The van der Waals surface area contributed by atoms with Crippen LogP contribution >= 0.6 is 0 Å². The van der Waals surface area contributed by atoms with Crippen LogP contribution in [-0.4, -0.2) is 29.9 Å². The maximum Gasteiger partial charge on any atom is 0.275 e. The fraction of sp³-hybridized carbons (Fsp3) is 0.400. The molecule has 1 N–H and O–H groups in total. The molecule has 2 aromatic carbocycles. The first-order valence-corrected chi connectivity index (χ1v) is 11.1. The van der Waals surface area contributed by atoms with Crippen molar-refractivity contribution in [2.24, 2.45) is 0 Å². The lowest BCUT2D eigenvalue weighted by atomic mass is 10.1. The molecule has 1 atom stereocenters. The molecular weight excluding hydrogens is 406 g/mol. The van der Waals surface area contributed by atoms with E-state index in [1.165, 1.54) is 24.5 Å². The van der Waals surface area contributed by atoms with Crippen LogP contribution in [0.1, 0.15) is 66.8 Å². The van der Waals surface area contributed by atoms with Crippen molar-refractivity contribution in [2.45, 2.75) is 51.6 Å². The van der Waals surface area contributed by atoms with Crippen LogP contribution in [0.5, 0.6) is 11.5 Å². The second-order valence-electron chi connectivity index (χ2n) is 8.08. The van der Waals surface area contributed by atoms with Gasteiger partial charge in [-0.05, 0) is 48.9 Å². The molecule has 3 aromatic rings. The molecule has 0 aliphatic heterocycles. The number of nitrogens with zero attached hydrogens (tertiary/aromatic N) is 2. The second-order valence-corrected chi connectivity index (χ2v) is 8.08. The average molecular weight is 436 g/mol. The Bertz CT molecular complexity index is 1210. The molecule has 0 bridgehead atoms. The van der Waals surface area contributed by atoms with Crippen LogP contribution < -0.4 is 20.3 Å². The molecule has 32 heavy (non-hydrogen) atoms. The van der Waals surface area contributed by atoms with E-state index in [0.717, 1.165) is 31.2 Å². The van der Waals surface area contributed by atoms with Crippen molar-refractivity contribution >= 4 is 16.7 Å². The van der Waals surface area contributed by atoms with Gasteiger partial charge in [-0.25, -0.2) is 4.68 Å². The number of rotatable bonds is 7. The van der Waals surface area contributed by atoms with Gasteiger partial charge in [-0.3, -0.25) is 9.59 Å². The third-order valence-corrected chi connectivity index (χ3v) is 6.37. The van der Waals surface area contributed by atoms with Crippen molar-refractivity contribution in [1.82, 2.24) is 15.1 Å². The Morgan fingerprint density at radius 2 is 1.78 bits per heavy atom. The molecule has 0 saturated heterocycles. The molecule has 0 spiro atoms. The number of methoxy groups -OCH3 is 2. The van der Waals surface area contributed by atoms with E-state index in [-0.39, 0.29) is 29.2 Å². The molecule has 1 aliphatic rings. The predicted octanol–water partition coefficient (Wildman–Crippen LogP) is 4.19. The zero-order valence-electron chi connectivity index (χ0n) is 19.0. The lowest BCUT2D eigenvalue weighted by Crippen LogP contribution is -2.33. The normalized spacial score (nSPS) is 15.1. The van der Waals surface area contributed by atoms with Crippen LogP contribution in [0.2, 0.25) is 0 Å². The van der Waals surface area contributed by atoms with Gasteiger partial charge in [0.05, 0.1) is 31.7 Å². The van der Waals surface area contributed by atoms with E-state index in [2.05, 4.69) is 22.5 Å². The van der Waals surface area contributed by atoms with Gasteiger partial charge >= 0.3 is 0 Å². The van der Waals surface area contributed by atoms with Crippen LogP contribution in [0.3, 0.4) is 0 Å². The Balaban J connectivity index is 1.85. The summed E-state index contributed by atoms with van der Waals surface area (Å²) in [5.41, 5.74) is 2.37. The topological polar surface area (TPSA) is 82.5 Å². The quantitative estimate of drug-likeness (QED) is 0.602. The smallest absolute Gasteiger partial charge is 0.275 e. The summed E-state index contributed by atoms with van der Waals surface area (Å²) in [6, 6.07) is 11.3. The number of carbonyl (C=O) groups is 1. The Morgan fingerprint density at radius 1 is 1.12 bits per heavy atom. The molecule has 4 rings (SSSR count). The number of aromatic nitrogens is 2. The largest absolute Gasteiger partial charge is 0.493 e. The number of amides is 1. The summed E-state index contributed by atoms with van der Waals surface area (Å²) in [7, 11) is 3.05. The Morgan fingerprint density at radius 3 is 2.44 bits per heavy atom. The minimum Gasteiger partial charge on any atom is -0.493 e. The first kappa shape index (κ1) is 21.9. The van der Waals surface area contributed by atoms with Crippen LogP contribution in [-0.2, 0) is 6.42 Å². The van der Waals surface area contributed by atoms with Gasteiger partial charge < -0.3 is 14.8 Å². The molecule has 0 saturated carbocycles. The summed E-state index contributed by atoms with van der Waals surface area (Å²) >= 11 is 0. The van der Waals surface area contributed by atoms with Crippen molar-refractivity contribution in [2.75, 3.05) is 14.2 Å². The van der Waals surface area contributed by atoms with Crippen molar-refractivity contribution in [1.29, 1.82) is 0 Å². The molecule has 7 heteroatoms. The first-order chi connectivity index (χ1) is 15.5. The summed E-state index contributed by atoms with van der Waals surface area (Å²) in [6.07, 6.45) is 3.23. The summed E-state index contributed by atoms with van der Waals surface area (Å²) in [4.78, 5) is 26.8. The zero-order valence-corrected chi connectivity index (χ0v) is 19.0. The minimum atomic E-state index is -0.302. The Hall–Kier alpha value is -3.35. The zero-order chi connectivity index (χ0) is 22.8. The van der Waals surface area contributed by atoms with E-state index < -0.39 is 0 Å². The summed E-state index contributed by atoms with van der Waals surface area (Å²) < 4.78 is 12.3. The molecule has 1 aliphatic carbocycles. The van der Waals surface area contributed by atoms with E-state index in [4.69, 9.17) is 9.47 Å². The van der Waals surface area contributed by atoms with Crippen molar-refractivity contribution < 1.29 is 14.3 Å². The van der Waals surface area contributed by atoms with E-state index in [1.54, 1.807) is 12.1 Å². The first-order valence-electron chi connectivity index (χ1n) is 11.1. The monoisotopic (exact) mass is 435 g/mol. The van der Waals surface area contributed by atoms with E-state index >= 15 is 0 Å². The van der Waals surface area contributed by atoms with Gasteiger partial charge in [0.2, 0.25) is 0 Å². The molecule has 168 valence electrons. The SMILES string of the molecule is CCC(CC)n1nc(C(=O)NC2CCc3ccccc32)c2cc(OC)c(OC)cc2c1=O. The number of carbonyl (C=O) groups excluding carboxylic acids is 1. The average Bonchev–Trinajstić information content (AvgIpc) is 3.23. The lowest BCUT2D eigenvalue weighted by molar-refractivity contribution is 0.0930. The number of ether oxygens (including phenoxy) is 2. The van der Waals surface area contributed by atoms with Gasteiger partial charge in [-0.15, -0.1) is 0 Å². The highest BCUT2D eigenvalue weighted by atomic mass is 16.5. The second kappa shape index (κ2) is 9.02. The fourth-order valence-electron chi connectivity index (χ4n) is 4.57. The predicted molar refractivity (Wildman–Crippen MR) is 124 cm³/mol. The molecular formula is C25H29N3O4. The fourth-order valence-corrected chi connectivity index (χ4v) is 4.57. The van der Waals surface area contributed by atoms with Gasteiger partial charge in [0.1, 0.15) is 0 Å². The van der Waals surface area contributed by atoms with Crippen LogP contribution in [0.25, 0.3) is 10.8 Å². The van der Waals surface area contributed by atoms with Gasteiger partial charge in [0.25, 0.3) is 11.5 Å². The molecule has 0 radical (unpaired) electrons. The maximum atomic E-state index is 13.5. The molecule has 1 unspecified atom stereocenters. The number of fused-ring (bicyclic) bond motifs is 2. The highest BCUT2D eigenvalue weighted by Crippen LogP contribution is 2.34. The maximum absolute atomic E-state index is 13.5. The third kappa shape index (κ3) is 3.72. The summed E-state index contributed by atoms with van der Waals surface area (Å²) in [6.45, 7) is 4.02. The lowest BCUT2D eigenvalue weighted by Gasteiger charge is -2.20. The van der Waals surface area contributed by atoms with E-state index in [0.29, 0.717) is 22.3 Å². The number of nitrogens with one attached hydrogen (secondary N) is 1. The third-order valence-electron chi connectivity index (χ3n) is 6.37. The summed E-state index contributed by atoms with van der Waals surface area (Å²) in [5, 5.41) is 8.56. The number of aryl methyl sites for hydroxylation is 1. The molecule has 1 heterocycles. The molecule has 0 fully saturated rings. The van der Waals surface area contributed by atoms with Gasteiger partial charge in [0, 0.05) is 5.39 Å². The highest BCUT2D eigenvalue weighted by molar-refractivity contribution is 6.05. The highest BCUT2D eigenvalue weighted by Gasteiger charge is 2.27. The summed E-state index contributed by atoms with van der Waals surface area (Å²) in [5.74, 6) is 0.584. The van der Waals surface area contributed by atoms with Gasteiger partial charge in [0.15, 0.2) is 17.2 Å².